The molecule has 1 saturated heterocycles. The molecule has 2 atom stereocenters. The van der Waals surface area contributed by atoms with Crippen LogP contribution in [0.1, 0.15) is 59.8 Å². The van der Waals surface area contributed by atoms with Crippen LogP contribution in [0.2, 0.25) is 0 Å². The van der Waals surface area contributed by atoms with E-state index in [-0.39, 0.29) is 0 Å². The van der Waals surface area contributed by atoms with E-state index in [0.717, 1.165) is 17.8 Å². The van der Waals surface area contributed by atoms with Crippen molar-refractivity contribution in [2.45, 2.75) is 59.8 Å². The summed E-state index contributed by atoms with van der Waals surface area (Å²) in [4.78, 5) is 2.71. The molecule has 0 saturated carbocycles. The molecule has 0 aliphatic carbocycles. The summed E-state index contributed by atoms with van der Waals surface area (Å²) in [6, 6.07) is 0. The number of nitrogens with one attached hydrogen (secondary N) is 1. The van der Waals surface area contributed by atoms with Crippen molar-refractivity contribution < 1.29 is 0 Å². The van der Waals surface area contributed by atoms with Gasteiger partial charge in [-0.2, -0.15) is 0 Å². The van der Waals surface area contributed by atoms with Crippen LogP contribution in [0.3, 0.4) is 0 Å². The fourth-order valence-corrected chi connectivity index (χ4v) is 3.09. The molecule has 0 spiro atoms. The van der Waals surface area contributed by atoms with Crippen molar-refractivity contribution in [2.75, 3.05) is 32.7 Å². The minimum absolute atomic E-state index is 0.799. The van der Waals surface area contributed by atoms with E-state index in [1.807, 2.05) is 0 Å². The molecule has 1 rings (SSSR count). The van der Waals surface area contributed by atoms with Gasteiger partial charge in [0.1, 0.15) is 0 Å². The first-order valence-corrected chi connectivity index (χ1v) is 8.51. The van der Waals surface area contributed by atoms with Crippen molar-refractivity contribution in [2.24, 2.45) is 17.8 Å². The van der Waals surface area contributed by atoms with Gasteiger partial charge in [0.05, 0.1) is 0 Å². The maximum Gasteiger partial charge on any atom is 0.00193 e. The number of nitrogens with zero attached hydrogens (tertiary/aromatic N) is 1. The normalized spacial score (nSPS) is 26.4. The molecule has 1 fully saturated rings. The van der Waals surface area contributed by atoms with Gasteiger partial charge in [-0.3, -0.25) is 0 Å². The molecular formula is C17H36N2. The molecule has 1 aliphatic rings. The van der Waals surface area contributed by atoms with E-state index >= 15 is 0 Å². The third-order valence-corrected chi connectivity index (χ3v) is 4.13. The molecular weight excluding hydrogens is 232 g/mol. The monoisotopic (exact) mass is 268 g/mol. The van der Waals surface area contributed by atoms with Crippen molar-refractivity contribution in [3.8, 4) is 0 Å². The van der Waals surface area contributed by atoms with E-state index in [0.29, 0.717) is 0 Å². The zero-order valence-corrected chi connectivity index (χ0v) is 13.8. The Bertz CT molecular complexity index is 203. The highest BCUT2D eigenvalue weighted by atomic mass is 15.1. The minimum atomic E-state index is 0.799. The summed E-state index contributed by atoms with van der Waals surface area (Å²) in [5.74, 6) is 2.48. The molecule has 2 nitrogen and oxygen atoms in total. The number of unbranched alkanes of at least 4 members (excludes halogenated alkanes) is 3. The quantitative estimate of drug-likeness (QED) is 0.707. The smallest absolute Gasteiger partial charge is 0.00193 e. The molecule has 0 amide bonds. The first kappa shape index (κ1) is 17.0. The van der Waals surface area contributed by atoms with Gasteiger partial charge in [-0.1, -0.05) is 53.4 Å². The van der Waals surface area contributed by atoms with Crippen LogP contribution in [0.25, 0.3) is 0 Å². The first-order chi connectivity index (χ1) is 9.08. The minimum Gasteiger partial charge on any atom is -0.316 e. The van der Waals surface area contributed by atoms with Gasteiger partial charge in [-0.15, -0.1) is 0 Å². The summed E-state index contributed by atoms with van der Waals surface area (Å²) in [6.45, 7) is 15.7. The van der Waals surface area contributed by atoms with Gasteiger partial charge in [0.15, 0.2) is 0 Å². The topological polar surface area (TPSA) is 15.3 Å². The maximum atomic E-state index is 3.58. The summed E-state index contributed by atoms with van der Waals surface area (Å²) in [7, 11) is 0. The Balaban J connectivity index is 2.11. The number of hydrogen-bond donors (Lipinski definition) is 1. The lowest BCUT2D eigenvalue weighted by atomic mass is 10.0. The van der Waals surface area contributed by atoms with Gasteiger partial charge in [0.25, 0.3) is 0 Å². The van der Waals surface area contributed by atoms with E-state index in [1.54, 1.807) is 0 Å². The van der Waals surface area contributed by atoms with Gasteiger partial charge < -0.3 is 10.2 Å². The van der Waals surface area contributed by atoms with Crippen molar-refractivity contribution in [1.29, 1.82) is 0 Å². The van der Waals surface area contributed by atoms with E-state index < -0.39 is 0 Å². The molecule has 0 radical (unpaired) electrons. The number of rotatable bonds is 7. The van der Waals surface area contributed by atoms with Gasteiger partial charge >= 0.3 is 0 Å². The van der Waals surface area contributed by atoms with E-state index in [9.17, 15) is 0 Å². The van der Waals surface area contributed by atoms with Crippen LogP contribution in [-0.2, 0) is 0 Å². The molecule has 1 N–H and O–H groups in total. The largest absolute Gasteiger partial charge is 0.316 e. The Morgan fingerprint density at radius 1 is 0.947 bits per heavy atom. The molecule has 1 heterocycles. The Hall–Kier alpha value is -0.0800. The Kier molecular flexibility index (Phi) is 8.72. The third-order valence-electron chi connectivity index (χ3n) is 4.13. The van der Waals surface area contributed by atoms with Crippen molar-refractivity contribution in [3.63, 3.8) is 0 Å². The molecule has 1 aliphatic heterocycles. The Labute approximate surface area is 121 Å². The SMILES string of the molecule is CC(C)CCCCCCN1CC(C)CNCC(C)C1. The molecule has 0 aromatic rings. The van der Waals surface area contributed by atoms with Crippen LogP contribution in [0.4, 0.5) is 0 Å². The molecule has 2 unspecified atom stereocenters. The molecule has 114 valence electrons. The van der Waals surface area contributed by atoms with Crippen LogP contribution in [-0.4, -0.2) is 37.6 Å². The molecule has 19 heavy (non-hydrogen) atoms. The highest BCUT2D eigenvalue weighted by Crippen LogP contribution is 2.12. The summed E-state index contributed by atoms with van der Waals surface area (Å²) in [6.07, 6.45) is 7.08. The Morgan fingerprint density at radius 2 is 1.53 bits per heavy atom. The Morgan fingerprint density at radius 3 is 2.11 bits per heavy atom. The van der Waals surface area contributed by atoms with E-state index in [2.05, 4.69) is 37.9 Å². The average molecular weight is 268 g/mol. The third kappa shape index (κ3) is 8.65. The fraction of sp³-hybridized carbons (Fsp3) is 1.00. The fourth-order valence-electron chi connectivity index (χ4n) is 3.09. The molecule has 0 bridgehead atoms. The summed E-state index contributed by atoms with van der Waals surface area (Å²) >= 11 is 0. The summed E-state index contributed by atoms with van der Waals surface area (Å²) in [5.41, 5.74) is 0. The molecule has 0 aromatic carbocycles. The zero-order valence-electron chi connectivity index (χ0n) is 13.8. The second-order valence-electron chi connectivity index (χ2n) is 7.22. The highest BCUT2D eigenvalue weighted by molar-refractivity contribution is 4.73. The zero-order chi connectivity index (χ0) is 14.1. The van der Waals surface area contributed by atoms with Crippen molar-refractivity contribution >= 4 is 0 Å². The van der Waals surface area contributed by atoms with Crippen molar-refractivity contribution in [3.05, 3.63) is 0 Å². The second kappa shape index (κ2) is 9.77. The van der Waals surface area contributed by atoms with Crippen LogP contribution in [0, 0.1) is 17.8 Å². The van der Waals surface area contributed by atoms with Crippen LogP contribution in [0.15, 0.2) is 0 Å². The van der Waals surface area contributed by atoms with Gasteiger partial charge in [-0.25, -0.2) is 0 Å². The van der Waals surface area contributed by atoms with E-state index in [4.69, 9.17) is 0 Å². The second-order valence-corrected chi connectivity index (χ2v) is 7.22. The van der Waals surface area contributed by atoms with Crippen LogP contribution < -0.4 is 5.32 Å². The number of hydrogen-bond acceptors (Lipinski definition) is 2. The maximum absolute atomic E-state index is 3.58. The molecule has 2 heteroatoms. The van der Waals surface area contributed by atoms with Gasteiger partial charge in [0, 0.05) is 13.1 Å². The van der Waals surface area contributed by atoms with E-state index in [1.165, 1.54) is 64.8 Å². The molecule has 0 aromatic heterocycles. The average Bonchev–Trinajstić information content (AvgIpc) is 2.30. The lowest BCUT2D eigenvalue weighted by Gasteiger charge is -2.31. The summed E-state index contributed by atoms with van der Waals surface area (Å²) in [5, 5.41) is 3.58. The van der Waals surface area contributed by atoms with Crippen molar-refractivity contribution in [1.82, 2.24) is 10.2 Å². The van der Waals surface area contributed by atoms with Crippen LogP contribution in [0.5, 0.6) is 0 Å². The van der Waals surface area contributed by atoms with Crippen LogP contribution >= 0.6 is 0 Å². The standard InChI is InChI=1S/C17H36N2/c1-15(2)9-7-5-6-8-10-19-13-16(3)11-18-12-17(4)14-19/h15-18H,5-14H2,1-4H3. The van der Waals surface area contributed by atoms with Gasteiger partial charge in [0.2, 0.25) is 0 Å². The summed E-state index contributed by atoms with van der Waals surface area (Å²) < 4.78 is 0. The lowest BCUT2D eigenvalue weighted by molar-refractivity contribution is 0.182. The predicted octanol–water partition coefficient (Wildman–Crippen LogP) is 3.77. The predicted molar refractivity (Wildman–Crippen MR) is 85.6 cm³/mol. The van der Waals surface area contributed by atoms with Gasteiger partial charge in [-0.05, 0) is 43.8 Å². The highest BCUT2D eigenvalue weighted by Gasteiger charge is 2.16. The first-order valence-electron chi connectivity index (χ1n) is 8.51. The lowest BCUT2D eigenvalue weighted by Crippen LogP contribution is -2.42.